The van der Waals surface area contributed by atoms with Gasteiger partial charge in [0.2, 0.25) is 0 Å². The van der Waals surface area contributed by atoms with Gasteiger partial charge in [-0.25, -0.2) is 14.1 Å². The predicted molar refractivity (Wildman–Crippen MR) is 113 cm³/mol. The van der Waals surface area contributed by atoms with Crippen molar-refractivity contribution >= 4 is 54.9 Å². The number of halogens is 1. The minimum atomic E-state index is -4.70. The lowest BCUT2D eigenvalue weighted by Crippen LogP contribution is -2.25. The van der Waals surface area contributed by atoms with E-state index in [2.05, 4.69) is 25.7 Å². The molecule has 0 fully saturated rings. The molecular formula is C18H15BrN2O6S2. The first kappa shape index (κ1) is 21.2. The highest BCUT2D eigenvalue weighted by Gasteiger charge is 2.26. The van der Waals surface area contributed by atoms with Crippen molar-refractivity contribution in [2.75, 3.05) is 18.5 Å². The fraction of sp³-hybridized carbons (Fsp3) is 0.111. The van der Waals surface area contributed by atoms with E-state index in [-0.39, 0.29) is 22.7 Å². The molecular weight excluding hydrogens is 484 g/mol. The number of carbonyl (C=O) groups excluding carboxylic acids is 1. The van der Waals surface area contributed by atoms with Gasteiger partial charge in [-0.3, -0.25) is 4.55 Å². The summed E-state index contributed by atoms with van der Waals surface area (Å²) in [6.07, 6.45) is 1.69. The number of methoxy groups -OCH3 is 2. The molecule has 0 saturated heterocycles. The second kappa shape index (κ2) is 8.49. The van der Waals surface area contributed by atoms with Gasteiger partial charge in [0.25, 0.3) is 0 Å². The third kappa shape index (κ3) is 4.58. The quantitative estimate of drug-likeness (QED) is 0.398. The van der Waals surface area contributed by atoms with Crippen LogP contribution in [-0.4, -0.2) is 38.1 Å². The van der Waals surface area contributed by atoms with Gasteiger partial charge in [-0.1, -0.05) is 12.1 Å². The molecule has 8 nitrogen and oxygen atoms in total. The van der Waals surface area contributed by atoms with Gasteiger partial charge in [0, 0.05) is 6.20 Å². The molecule has 0 spiro atoms. The molecule has 3 rings (SSSR count). The van der Waals surface area contributed by atoms with Gasteiger partial charge in [-0.15, -0.1) is 11.3 Å². The topological polar surface area (TPSA) is 106 Å². The molecule has 0 unspecified atom stereocenters. The maximum absolute atomic E-state index is 12.2. The molecule has 0 aliphatic carbocycles. The number of anilines is 2. The second-order valence-electron chi connectivity index (χ2n) is 5.64. The Morgan fingerprint density at radius 2 is 1.86 bits per heavy atom. The van der Waals surface area contributed by atoms with Crippen molar-refractivity contribution in [2.24, 2.45) is 0 Å². The van der Waals surface area contributed by atoms with Crippen molar-refractivity contribution in [3.63, 3.8) is 0 Å². The summed E-state index contributed by atoms with van der Waals surface area (Å²) in [5.41, 5.74) is 1.23. The average molecular weight is 499 g/mol. The van der Waals surface area contributed by atoms with E-state index < -0.39 is 16.3 Å². The van der Waals surface area contributed by atoms with Crippen molar-refractivity contribution in [2.45, 2.75) is 0 Å². The maximum atomic E-state index is 12.2. The van der Waals surface area contributed by atoms with Gasteiger partial charge in [-0.2, -0.15) is 8.42 Å². The number of thiazole rings is 1. The number of aromatic nitrogens is 1. The van der Waals surface area contributed by atoms with E-state index in [9.17, 15) is 17.8 Å². The smallest absolute Gasteiger partial charge is 0.364 e. The monoisotopic (exact) mass is 498 g/mol. The van der Waals surface area contributed by atoms with E-state index in [4.69, 9.17) is 4.74 Å². The van der Waals surface area contributed by atoms with E-state index >= 15 is 0 Å². The molecule has 0 saturated carbocycles. The zero-order valence-corrected chi connectivity index (χ0v) is 18.4. The molecule has 3 aromatic rings. The molecule has 1 N–H and O–H groups in total. The molecule has 0 bridgehead atoms. The van der Waals surface area contributed by atoms with Gasteiger partial charge in [0.1, 0.15) is 11.4 Å². The van der Waals surface area contributed by atoms with Crippen LogP contribution in [0.2, 0.25) is 0 Å². The number of nitrogens with zero attached hydrogens (tertiary/aromatic N) is 2. The highest BCUT2D eigenvalue weighted by Crippen LogP contribution is 2.38. The Kier molecular flexibility index (Phi) is 6.22. The van der Waals surface area contributed by atoms with Gasteiger partial charge in [0.15, 0.2) is 3.92 Å². The summed E-state index contributed by atoms with van der Waals surface area (Å²) in [5, 5.41) is 0. The Hall–Kier alpha value is -2.47. The number of ether oxygens (including phenoxy) is 2. The Bertz CT molecular complexity index is 1150. The number of esters is 1. The lowest BCUT2D eigenvalue weighted by molar-refractivity contribution is 0.0600. The van der Waals surface area contributed by atoms with E-state index in [0.29, 0.717) is 0 Å². The van der Waals surface area contributed by atoms with Crippen LogP contribution in [0.3, 0.4) is 0 Å². The first-order chi connectivity index (χ1) is 13.7. The maximum Gasteiger partial charge on any atom is 0.364 e. The van der Waals surface area contributed by atoms with E-state index in [1.54, 1.807) is 30.5 Å². The molecule has 2 aromatic carbocycles. The Balaban J connectivity index is 2.07. The molecule has 29 heavy (non-hydrogen) atoms. The van der Waals surface area contributed by atoms with Gasteiger partial charge >= 0.3 is 16.3 Å². The van der Waals surface area contributed by atoms with Gasteiger partial charge < -0.3 is 9.47 Å². The number of benzene rings is 2. The second-order valence-corrected chi connectivity index (χ2v) is 9.21. The van der Waals surface area contributed by atoms with Crippen LogP contribution in [0.15, 0.2) is 52.6 Å². The normalized spacial score (nSPS) is 11.2. The largest absolute Gasteiger partial charge is 0.495 e. The van der Waals surface area contributed by atoms with Crippen LogP contribution in [0, 0.1) is 0 Å². The Morgan fingerprint density at radius 3 is 2.38 bits per heavy atom. The van der Waals surface area contributed by atoms with Gasteiger partial charge in [-0.05, 0) is 51.8 Å². The molecule has 0 aliphatic rings. The van der Waals surface area contributed by atoms with E-state index in [0.717, 1.165) is 18.7 Å². The summed E-state index contributed by atoms with van der Waals surface area (Å²) in [5.74, 6) is -0.533. The van der Waals surface area contributed by atoms with Crippen LogP contribution < -0.4 is 9.04 Å². The number of hydrogen-bond donors (Lipinski definition) is 1. The summed E-state index contributed by atoms with van der Waals surface area (Å²) in [4.78, 5) is 16.8. The highest BCUT2D eigenvalue weighted by molar-refractivity contribution is 9.11. The van der Waals surface area contributed by atoms with Crippen LogP contribution in [0.5, 0.6) is 5.75 Å². The van der Waals surface area contributed by atoms with Crippen LogP contribution in [0.4, 0.5) is 11.4 Å². The summed E-state index contributed by atoms with van der Waals surface area (Å²) >= 11 is 4.73. The molecule has 152 valence electrons. The molecule has 1 aromatic heterocycles. The average Bonchev–Trinajstić information content (AvgIpc) is 3.13. The minimum Gasteiger partial charge on any atom is -0.495 e. The van der Waals surface area contributed by atoms with Crippen molar-refractivity contribution < 1.29 is 27.2 Å². The van der Waals surface area contributed by atoms with Crippen LogP contribution in [0.25, 0.3) is 10.4 Å². The molecule has 11 heteroatoms. The summed E-state index contributed by atoms with van der Waals surface area (Å²) in [6, 6.07) is 10.6. The van der Waals surface area contributed by atoms with Crippen molar-refractivity contribution in [1.82, 2.24) is 4.98 Å². The third-order valence-corrected chi connectivity index (χ3v) is 6.31. The lowest BCUT2D eigenvalue weighted by Gasteiger charge is -2.23. The number of rotatable bonds is 6. The number of hydrogen-bond acceptors (Lipinski definition) is 7. The van der Waals surface area contributed by atoms with E-state index in [1.807, 2.05) is 0 Å². The van der Waals surface area contributed by atoms with Crippen LogP contribution in [-0.2, 0) is 15.0 Å². The minimum absolute atomic E-state index is 0.0379. The van der Waals surface area contributed by atoms with Crippen molar-refractivity contribution in [3.05, 3.63) is 58.1 Å². The predicted octanol–water partition coefficient (Wildman–Crippen LogP) is 4.31. The molecule has 0 amide bonds. The molecule has 0 aliphatic heterocycles. The standard InChI is InChI=1S/C18H15BrN2O6S2/c1-26-15-9-12(17(22)27-2)5-8-14(15)21(29(23,24)25)13-6-3-11(4-7-13)16-10-20-18(19)28-16/h3-10H,1-2H3,(H,23,24,25). The zero-order chi connectivity index (χ0) is 21.2. The molecule has 0 radical (unpaired) electrons. The summed E-state index contributed by atoms with van der Waals surface area (Å²) < 4.78 is 45.5. The first-order valence-electron chi connectivity index (χ1n) is 8.00. The summed E-state index contributed by atoms with van der Waals surface area (Å²) in [7, 11) is -2.14. The highest BCUT2D eigenvalue weighted by atomic mass is 79.9. The fourth-order valence-corrected chi connectivity index (χ4v) is 4.69. The first-order valence-corrected chi connectivity index (χ1v) is 11.0. The van der Waals surface area contributed by atoms with E-state index in [1.165, 1.54) is 43.8 Å². The Labute approximate surface area is 179 Å². The lowest BCUT2D eigenvalue weighted by atomic mass is 10.1. The number of carbonyl (C=O) groups is 1. The molecule has 1 heterocycles. The van der Waals surface area contributed by atoms with Gasteiger partial charge in [0.05, 0.1) is 30.3 Å². The van der Waals surface area contributed by atoms with Crippen LogP contribution in [0.1, 0.15) is 10.4 Å². The van der Waals surface area contributed by atoms with Crippen LogP contribution >= 0.6 is 27.3 Å². The fourth-order valence-electron chi connectivity index (χ4n) is 2.63. The van der Waals surface area contributed by atoms with Crippen molar-refractivity contribution in [1.29, 1.82) is 0 Å². The van der Waals surface area contributed by atoms with Crippen molar-refractivity contribution in [3.8, 4) is 16.2 Å². The third-order valence-electron chi connectivity index (χ3n) is 3.91. The molecule has 0 atom stereocenters. The summed E-state index contributed by atoms with van der Waals surface area (Å²) in [6.45, 7) is 0. The zero-order valence-electron chi connectivity index (χ0n) is 15.2. The SMILES string of the molecule is COC(=O)c1ccc(N(c2ccc(-c3cnc(Br)s3)cc2)S(=O)(=O)O)c(OC)c1. The Morgan fingerprint density at radius 1 is 1.17 bits per heavy atom.